The van der Waals surface area contributed by atoms with E-state index in [0.29, 0.717) is 18.5 Å². The fraction of sp³-hybridized carbons (Fsp3) is 0.353. The fourth-order valence-corrected chi connectivity index (χ4v) is 3.59. The summed E-state index contributed by atoms with van der Waals surface area (Å²) in [4.78, 5) is 27.8. The van der Waals surface area contributed by atoms with Crippen LogP contribution in [0.25, 0.3) is 10.6 Å². The lowest BCUT2D eigenvalue weighted by atomic mass is 9.74. The summed E-state index contributed by atoms with van der Waals surface area (Å²) in [5.41, 5.74) is 0.610. The van der Waals surface area contributed by atoms with E-state index in [1.807, 2.05) is 24.3 Å². The van der Waals surface area contributed by atoms with Crippen LogP contribution in [0.15, 0.2) is 29.6 Å². The number of amides is 1. The van der Waals surface area contributed by atoms with Crippen molar-refractivity contribution in [2.24, 2.45) is 0 Å². The Morgan fingerprint density at radius 1 is 1.33 bits per heavy atom. The molecule has 1 heterocycles. The van der Waals surface area contributed by atoms with Gasteiger partial charge in [-0.2, -0.15) is 0 Å². The van der Waals surface area contributed by atoms with Crippen molar-refractivity contribution in [2.75, 3.05) is 7.11 Å². The summed E-state index contributed by atoms with van der Waals surface area (Å²) in [6.07, 6.45) is 2.27. The van der Waals surface area contributed by atoms with Crippen LogP contribution in [0.5, 0.6) is 5.75 Å². The van der Waals surface area contributed by atoms with Crippen molar-refractivity contribution in [1.82, 2.24) is 10.3 Å². The van der Waals surface area contributed by atoms with E-state index < -0.39 is 11.5 Å². The number of carbonyl (C=O) groups is 2. The number of carboxylic acid groups (broad SMARTS) is 1. The first-order chi connectivity index (χ1) is 11.5. The van der Waals surface area contributed by atoms with Crippen LogP contribution in [0.4, 0.5) is 0 Å². The highest BCUT2D eigenvalue weighted by molar-refractivity contribution is 7.13. The van der Waals surface area contributed by atoms with E-state index in [2.05, 4.69) is 10.3 Å². The Morgan fingerprint density at radius 3 is 2.58 bits per heavy atom. The summed E-state index contributed by atoms with van der Waals surface area (Å²) >= 11 is 1.38. The van der Waals surface area contributed by atoms with Gasteiger partial charge in [0.15, 0.2) is 0 Å². The minimum Gasteiger partial charge on any atom is -0.497 e. The Balaban J connectivity index is 1.72. The molecular weight excluding hydrogens is 328 g/mol. The highest BCUT2D eigenvalue weighted by Gasteiger charge is 2.40. The topological polar surface area (TPSA) is 88.5 Å². The Kier molecular flexibility index (Phi) is 4.53. The number of nitrogens with zero attached hydrogens (tertiary/aromatic N) is 1. The monoisotopic (exact) mass is 346 g/mol. The summed E-state index contributed by atoms with van der Waals surface area (Å²) in [5, 5.41) is 14.3. The number of aliphatic carboxylic acids is 1. The van der Waals surface area contributed by atoms with Gasteiger partial charge in [-0.15, -0.1) is 11.3 Å². The molecule has 3 rings (SSSR count). The van der Waals surface area contributed by atoms with Crippen molar-refractivity contribution in [1.29, 1.82) is 0 Å². The largest absolute Gasteiger partial charge is 0.497 e. The van der Waals surface area contributed by atoms with Crippen LogP contribution in [0.3, 0.4) is 0 Å². The Bertz CT molecular complexity index is 750. The van der Waals surface area contributed by atoms with E-state index in [1.165, 1.54) is 11.3 Å². The number of benzene rings is 1. The molecular formula is C17H18N2O4S. The highest BCUT2D eigenvalue weighted by Crippen LogP contribution is 2.35. The summed E-state index contributed by atoms with van der Waals surface area (Å²) in [6.45, 7) is 0. The lowest BCUT2D eigenvalue weighted by Gasteiger charge is -2.41. The SMILES string of the molecule is COc1ccc(-c2nc(C(=O)NC3(CC(=O)O)CCC3)cs2)cc1. The number of methoxy groups -OCH3 is 1. The van der Waals surface area contributed by atoms with Gasteiger partial charge in [0.25, 0.3) is 5.91 Å². The van der Waals surface area contributed by atoms with Gasteiger partial charge >= 0.3 is 5.97 Å². The molecule has 0 unspecified atom stereocenters. The number of hydrogen-bond donors (Lipinski definition) is 2. The number of carbonyl (C=O) groups excluding carboxylic acids is 1. The highest BCUT2D eigenvalue weighted by atomic mass is 32.1. The van der Waals surface area contributed by atoms with E-state index in [1.54, 1.807) is 12.5 Å². The molecule has 0 radical (unpaired) electrons. The second-order valence-corrected chi connectivity index (χ2v) is 6.78. The number of rotatable bonds is 6. The zero-order valence-electron chi connectivity index (χ0n) is 13.2. The molecule has 1 aromatic heterocycles. The van der Waals surface area contributed by atoms with E-state index in [9.17, 15) is 9.59 Å². The third-order valence-electron chi connectivity index (χ3n) is 4.25. The van der Waals surface area contributed by atoms with Crippen molar-refractivity contribution >= 4 is 23.2 Å². The number of hydrogen-bond acceptors (Lipinski definition) is 5. The van der Waals surface area contributed by atoms with Crippen LogP contribution in [0, 0.1) is 0 Å². The quantitative estimate of drug-likeness (QED) is 0.839. The number of ether oxygens (including phenoxy) is 1. The maximum atomic E-state index is 12.4. The first-order valence-corrected chi connectivity index (χ1v) is 8.54. The molecule has 0 bridgehead atoms. The maximum absolute atomic E-state index is 12.4. The van der Waals surface area contributed by atoms with Gasteiger partial charge in [-0.25, -0.2) is 4.98 Å². The van der Waals surface area contributed by atoms with Crippen molar-refractivity contribution in [3.8, 4) is 16.3 Å². The van der Waals surface area contributed by atoms with Crippen LogP contribution in [0.1, 0.15) is 36.2 Å². The molecule has 1 aliphatic rings. The molecule has 126 valence electrons. The minimum absolute atomic E-state index is 0.0474. The van der Waals surface area contributed by atoms with Gasteiger partial charge in [0.05, 0.1) is 19.1 Å². The molecule has 6 nitrogen and oxygen atoms in total. The van der Waals surface area contributed by atoms with Gasteiger partial charge < -0.3 is 15.2 Å². The predicted molar refractivity (Wildman–Crippen MR) is 90.4 cm³/mol. The summed E-state index contributed by atoms with van der Waals surface area (Å²) in [7, 11) is 1.61. The van der Waals surface area contributed by atoms with E-state index in [4.69, 9.17) is 9.84 Å². The zero-order chi connectivity index (χ0) is 17.2. The van der Waals surface area contributed by atoms with Crippen molar-refractivity contribution < 1.29 is 19.4 Å². The molecule has 2 N–H and O–H groups in total. The van der Waals surface area contributed by atoms with Gasteiger partial charge in [-0.1, -0.05) is 0 Å². The summed E-state index contributed by atoms with van der Waals surface area (Å²) < 4.78 is 5.12. The first kappa shape index (κ1) is 16.4. The van der Waals surface area contributed by atoms with Gasteiger partial charge in [0.2, 0.25) is 0 Å². The molecule has 1 fully saturated rings. The van der Waals surface area contributed by atoms with Gasteiger partial charge in [-0.3, -0.25) is 9.59 Å². The molecule has 0 saturated heterocycles. The molecule has 0 spiro atoms. The minimum atomic E-state index is -0.896. The average Bonchev–Trinajstić information content (AvgIpc) is 3.02. The van der Waals surface area contributed by atoms with E-state index in [0.717, 1.165) is 22.7 Å². The number of nitrogens with one attached hydrogen (secondary N) is 1. The second-order valence-electron chi connectivity index (χ2n) is 5.92. The predicted octanol–water partition coefficient (Wildman–Crippen LogP) is 2.95. The Hall–Kier alpha value is -2.41. The first-order valence-electron chi connectivity index (χ1n) is 7.66. The normalized spacial score (nSPS) is 15.4. The molecule has 2 aromatic rings. The molecule has 1 saturated carbocycles. The Labute approximate surface area is 143 Å². The lowest BCUT2D eigenvalue weighted by Crippen LogP contribution is -2.54. The van der Waals surface area contributed by atoms with Gasteiger partial charge in [-0.05, 0) is 43.5 Å². The van der Waals surface area contributed by atoms with Crippen LogP contribution in [-0.2, 0) is 4.79 Å². The smallest absolute Gasteiger partial charge is 0.305 e. The van der Waals surface area contributed by atoms with Crippen molar-refractivity contribution in [3.63, 3.8) is 0 Å². The third kappa shape index (κ3) is 3.41. The molecule has 1 amide bonds. The summed E-state index contributed by atoms with van der Waals surface area (Å²) in [6, 6.07) is 7.45. The number of carboxylic acids is 1. The van der Waals surface area contributed by atoms with Crippen LogP contribution >= 0.6 is 11.3 Å². The molecule has 1 aliphatic carbocycles. The van der Waals surface area contributed by atoms with Crippen molar-refractivity contribution in [2.45, 2.75) is 31.2 Å². The maximum Gasteiger partial charge on any atom is 0.305 e. The standard InChI is InChI=1S/C17H18N2O4S/c1-23-12-5-3-11(4-6-12)16-18-13(10-24-16)15(22)19-17(7-2-8-17)9-14(20)21/h3-6,10H,2,7-9H2,1H3,(H,19,22)(H,20,21). The van der Waals surface area contributed by atoms with Crippen LogP contribution in [-0.4, -0.2) is 34.6 Å². The number of thiazole rings is 1. The second kappa shape index (κ2) is 6.60. The molecule has 24 heavy (non-hydrogen) atoms. The molecule has 1 aromatic carbocycles. The van der Waals surface area contributed by atoms with Gasteiger partial charge in [0.1, 0.15) is 16.5 Å². The van der Waals surface area contributed by atoms with E-state index >= 15 is 0 Å². The summed E-state index contributed by atoms with van der Waals surface area (Å²) in [5.74, 6) is -0.451. The van der Waals surface area contributed by atoms with E-state index in [-0.39, 0.29) is 12.3 Å². The fourth-order valence-electron chi connectivity index (χ4n) is 2.79. The van der Waals surface area contributed by atoms with Crippen LogP contribution in [0.2, 0.25) is 0 Å². The van der Waals surface area contributed by atoms with Gasteiger partial charge in [0, 0.05) is 10.9 Å². The molecule has 0 aliphatic heterocycles. The molecule has 0 atom stereocenters. The van der Waals surface area contributed by atoms with Crippen LogP contribution < -0.4 is 10.1 Å². The Morgan fingerprint density at radius 2 is 2.04 bits per heavy atom. The zero-order valence-corrected chi connectivity index (χ0v) is 14.1. The van der Waals surface area contributed by atoms with Crippen molar-refractivity contribution in [3.05, 3.63) is 35.3 Å². The molecule has 7 heteroatoms. The number of aromatic nitrogens is 1. The average molecular weight is 346 g/mol. The lowest BCUT2D eigenvalue weighted by molar-refractivity contribution is -0.139. The third-order valence-corrected chi connectivity index (χ3v) is 5.14.